The minimum Gasteiger partial charge on any atom is -0.326 e. The fourth-order valence-electron chi connectivity index (χ4n) is 2.05. The van der Waals surface area contributed by atoms with Gasteiger partial charge < -0.3 is 5.73 Å². The second-order valence-corrected chi connectivity index (χ2v) is 5.95. The van der Waals surface area contributed by atoms with Gasteiger partial charge in [0.25, 0.3) is 10.2 Å². The first kappa shape index (κ1) is 10.4. The van der Waals surface area contributed by atoms with E-state index in [0.29, 0.717) is 26.2 Å². The third-order valence-corrected chi connectivity index (χ3v) is 4.91. The third kappa shape index (κ3) is 1.79. The summed E-state index contributed by atoms with van der Waals surface area (Å²) in [5.41, 5.74) is 5.70. The van der Waals surface area contributed by atoms with E-state index in [1.165, 1.54) is 4.31 Å². The van der Waals surface area contributed by atoms with Crippen LogP contribution in [0.15, 0.2) is 0 Å². The van der Waals surface area contributed by atoms with Crippen LogP contribution in [0.3, 0.4) is 0 Å². The molecule has 0 radical (unpaired) electrons. The van der Waals surface area contributed by atoms with Crippen molar-refractivity contribution in [3.8, 4) is 0 Å². The van der Waals surface area contributed by atoms with Crippen LogP contribution in [-0.4, -0.2) is 49.2 Å². The molecule has 0 unspecified atom stereocenters. The molecular formula is C8H17N3O2S. The number of rotatable bonds is 2. The summed E-state index contributed by atoms with van der Waals surface area (Å²) < 4.78 is 27.0. The van der Waals surface area contributed by atoms with Crippen molar-refractivity contribution < 1.29 is 8.42 Å². The molecule has 0 spiro atoms. The quantitative estimate of drug-likeness (QED) is 0.672. The first-order chi connectivity index (χ1) is 6.60. The Bertz CT molecular complexity index is 298. The Balaban J connectivity index is 2.07. The Labute approximate surface area is 85.0 Å². The Morgan fingerprint density at radius 1 is 1.07 bits per heavy atom. The van der Waals surface area contributed by atoms with Crippen LogP contribution in [0, 0.1) is 0 Å². The van der Waals surface area contributed by atoms with E-state index in [1.54, 1.807) is 4.31 Å². The Kier molecular flexibility index (Phi) is 2.79. The summed E-state index contributed by atoms with van der Waals surface area (Å²) in [6, 6.07) is 0.0207. The molecule has 0 aromatic heterocycles. The SMILES string of the molecule is N[C@@H]1CCN(S(=O)(=O)N2CCCC2)C1. The Morgan fingerprint density at radius 2 is 1.71 bits per heavy atom. The number of nitrogens with two attached hydrogens (primary N) is 1. The van der Waals surface area contributed by atoms with Gasteiger partial charge in [-0.2, -0.15) is 17.0 Å². The number of hydrogen-bond acceptors (Lipinski definition) is 3. The van der Waals surface area contributed by atoms with E-state index in [0.717, 1.165) is 19.3 Å². The fraction of sp³-hybridized carbons (Fsp3) is 1.00. The maximum absolute atomic E-state index is 12.0. The van der Waals surface area contributed by atoms with E-state index in [2.05, 4.69) is 0 Å². The van der Waals surface area contributed by atoms with E-state index in [9.17, 15) is 8.42 Å². The minimum atomic E-state index is -3.18. The average Bonchev–Trinajstić information content (AvgIpc) is 2.72. The van der Waals surface area contributed by atoms with Crippen molar-refractivity contribution in [2.24, 2.45) is 5.73 Å². The molecule has 0 aliphatic carbocycles. The van der Waals surface area contributed by atoms with Crippen molar-refractivity contribution in [1.82, 2.24) is 8.61 Å². The highest BCUT2D eigenvalue weighted by Crippen LogP contribution is 2.20. The molecule has 2 aliphatic rings. The minimum absolute atomic E-state index is 0.0207. The summed E-state index contributed by atoms with van der Waals surface area (Å²) in [6.07, 6.45) is 2.76. The zero-order chi connectivity index (χ0) is 10.2. The summed E-state index contributed by atoms with van der Waals surface area (Å²) in [4.78, 5) is 0. The highest BCUT2D eigenvalue weighted by molar-refractivity contribution is 7.86. The molecule has 5 nitrogen and oxygen atoms in total. The summed E-state index contributed by atoms with van der Waals surface area (Å²) in [6.45, 7) is 2.42. The average molecular weight is 219 g/mol. The summed E-state index contributed by atoms with van der Waals surface area (Å²) in [5.74, 6) is 0. The van der Waals surface area contributed by atoms with Gasteiger partial charge in [-0.15, -0.1) is 0 Å². The normalized spacial score (nSPS) is 31.4. The molecule has 14 heavy (non-hydrogen) atoms. The van der Waals surface area contributed by atoms with Crippen LogP contribution in [0.25, 0.3) is 0 Å². The molecule has 2 saturated heterocycles. The molecule has 2 aliphatic heterocycles. The molecule has 0 aromatic rings. The molecule has 2 heterocycles. The van der Waals surface area contributed by atoms with E-state index < -0.39 is 10.2 Å². The van der Waals surface area contributed by atoms with Crippen LogP contribution >= 0.6 is 0 Å². The lowest BCUT2D eigenvalue weighted by molar-refractivity contribution is 0.395. The molecular weight excluding hydrogens is 202 g/mol. The zero-order valence-electron chi connectivity index (χ0n) is 8.22. The van der Waals surface area contributed by atoms with Crippen molar-refractivity contribution in [3.63, 3.8) is 0 Å². The van der Waals surface area contributed by atoms with E-state index in [4.69, 9.17) is 5.73 Å². The summed E-state index contributed by atoms with van der Waals surface area (Å²) in [7, 11) is -3.18. The van der Waals surface area contributed by atoms with Crippen molar-refractivity contribution in [3.05, 3.63) is 0 Å². The molecule has 0 amide bonds. The molecule has 82 valence electrons. The highest BCUT2D eigenvalue weighted by atomic mass is 32.2. The molecule has 0 saturated carbocycles. The van der Waals surface area contributed by atoms with Crippen LogP contribution in [0.2, 0.25) is 0 Å². The molecule has 0 aromatic carbocycles. The highest BCUT2D eigenvalue weighted by Gasteiger charge is 2.35. The fourth-order valence-corrected chi connectivity index (χ4v) is 3.81. The molecule has 0 bridgehead atoms. The summed E-state index contributed by atoms with van der Waals surface area (Å²) >= 11 is 0. The van der Waals surface area contributed by atoms with Crippen molar-refractivity contribution in [2.75, 3.05) is 26.2 Å². The van der Waals surface area contributed by atoms with Crippen LogP contribution in [0.5, 0.6) is 0 Å². The molecule has 1 atom stereocenters. The second-order valence-electron chi connectivity index (χ2n) is 4.02. The van der Waals surface area contributed by atoms with Gasteiger partial charge in [0.15, 0.2) is 0 Å². The Morgan fingerprint density at radius 3 is 2.21 bits per heavy atom. The van der Waals surface area contributed by atoms with Crippen LogP contribution in [0.1, 0.15) is 19.3 Å². The van der Waals surface area contributed by atoms with Crippen LogP contribution < -0.4 is 5.73 Å². The van der Waals surface area contributed by atoms with Crippen LogP contribution in [0.4, 0.5) is 0 Å². The monoisotopic (exact) mass is 219 g/mol. The first-order valence-electron chi connectivity index (χ1n) is 5.11. The largest absolute Gasteiger partial charge is 0.326 e. The topological polar surface area (TPSA) is 66.6 Å². The maximum atomic E-state index is 12.0. The standard InChI is InChI=1S/C8H17N3O2S/c9-8-3-6-11(7-8)14(12,13)10-4-1-2-5-10/h8H,1-7,9H2/t8-/m1/s1. The van der Waals surface area contributed by atoms with Crippen molar-refractivity contribution in [2.45, 2.75) is 25.3 Å². The number of nitrogens with zero attached hydrogens (tertiary/aromatic N) is 2. The van der Waals surface area contributed by atoms with Gasteiger partial charge in [-0.05, 0) is 19.3 Å². The van der Waals surface area contributed by atoms with E-state index in [-0.39, 0.29) is 6.04 Å². The van der Waals surface area contributed by atoms with Crippen molar-refractivity contribution >= 4 is 10.2 Å². The van der Waals surface area contributed by atoms with Crippen molar-refractivity contribution in [1.29, 1.82) is 0 Å². The van der Waals surface area contributed by atoms with Gasteiger partial charge in [0.1, 0.15) is 0 Å². The summed E-state index contributed by atoms with van der Waals surface area (Å²) in [5, 5.41) is 0. The lowest BCUT2D eigenvalue weighted by Crippen LogP contribution is -2.42. The van der Waals surface area contributed by atoms with Gasteiger partial charge in [0.05, 0.1) is 0 Å². The molecule has 6 heteroatoms. The predicted molar refractivity (Wildman–Crippen MR) is 53.9 cm³/mol. The predicted octanol–water partition coefficient (Wildman–Crippen LogP) is -0.640. The van der Waals surface area contributed by atoms with Crippen LogP contribution in [-0.2, 0) is 10.2 Å². The zero-order valence-corrected chi connectivity index (χ0v) is 9.04. The molecule has 2 rings (SSSR count). The lowest BCUT2D eigenvalue weighted by atomic mass is 10.3. The van der Waals surface area contributed by atoms with Gasteiger partial charge in [-0.25, -0.2) is 0 Å². The Hall–Kier alpha value is -0.170. The maximum Gasteiger partial charge on any atom is 0.282 e. The lowest BCUT2D eigenvalue weighted by Gasteiger charge is -2.22. The molecule has 2 N–H and O–H groups in total. The number of hydrogen-bond donors (Lipinski definition) is 1. The van der Waals surface area contributed by atoms with Gasteiger partial charge >= 0.3 is 0 Å². The van der Waals surface area contributed by atoms with Gasteiger partial charge in [-0.1, -0.05) is 0 Å². The van der Waals surface area contributed by atoms with E-state index in [1.807, 2.05) is 0 Å². The molecule has 2 fully saturated rings. The van der Waals surface area contributed by atoms with E-state index >= 15 is 0 Å². The van der Waals surface area contributed by atoms with Gasteiger partial charge in [0.2, 0.25) is 0 Å². The first-order valence-corrected chi connectivity index (χ1v) is 6.51. The third-order valence-electron chi connectivity index (χ3n) is 2.91. The second kappa shape index (κ2) is 3.77. The smallest absolute Gasteiger partial charge is 0.282 e. The van der Waals surface area contributed by atoms with Gasteiger partial charge in [-0.3, -0.25) is 0 Å². The van der Waals surface area contributed by atoms with Gasteiger partial charge in [0, 0.05) is 32.2 Å².